The van der Waals surface area contributed by atoms with E-state index in [1.165, 1.54) is 43.5 Å². The minimum absolute atomic E-state index is 0.178. The molecule has 3 aliphatic rings. The number of rotatable bonds is 5. The second-order valence-corrected chi connectivity index (χ2v) is 7.10. The number of nitrogens with one attached hydrogen (secondary N) is 1. The van der Waals surface area contributed by atoms with Crippen molar-refractivity contribution in [1.29, 1.82) is 0 Å². The number of benzene rings is 1. The fourth-order valence-electron chi connectivity index (χ4n) is 3.83. The molecule has 0 spiro atoms. The molecule has 0 bridgehead atoms. The van der Waals surface area contributed by atoms with Crippen molar-refractivity contribution in [3.05, 3.63) is 35.4 Å². The van der Waals surface area contributed by atoms with Crippen molar-refractivity contribution in [3.63, 3.8) is 0 Å². The second kappa shape index (κ2) is 6.01. The molecule has 1 saturated heterocycles. The fourth-order valence-corrected chi connectivity index (χ4v) is 3.83. The average Bonchev–Trinajstić information content (AvgIpc) is 3.11. The van der Waals surface area contributed by atoms with Gasteiger partial charge in [0.2, 0.25) is 5.91 Å². The lowest BCUT2D eigenvalue weighted by Crippen LogP contribution is -2.37. The summed E-state index contributed by atoms with van der Waals surface area (Å²) in [5.41, 5.74) is 2.73. The number of fused-ring (bicyclic) bond motifs is 1. The fraction of sp³-hybridized carbons (Fsp3) is 0.611. The van der Waals surface area contributed by atoms with Gasteiger partial charge in [0.15, 0.2) is 0 Å². The highest BCUT2D eigenvalue weighted by Crippen LogP contribution is 2.31. The van der Waals surface area contributed by atoms with Gasteiger partial charge in [0.05, 0.1) is 6.54 Å². The smallest absolute Gasteiger partial charge is 0.234 e. The van der Waals surface area contributed by atoms with Gasteiger partial charge in [-0.1, -0.05) is 24.3 Å². The Hall–Kier alpha value is -1.39. The van der Waals surface area contributed by atoms with Crippen LogP contribution < -0.4 is 5.32 Å². The third-order valence-electron chi connectivity index (χ3n) is 5.24. The molecule has 2 aliphatic heterocycles. The lowest BCUT2D eigenvalue weighted by molar-refractivity contribution is -0.122. The maximum Gasteiger partial charge on any atom is 0.234 e. The number of carbonyl (C=O) groups excluding carboxylic acids is 1. The summed E-state index contributed by atoms with van der Waals surface area (Å²) in [6.45, 7) is 5.59. The topological polar surface area (TPSA) is 35.6 Å². The Morgan fingerprint density at radius 3 is 2.55 bits per heavy atom. The van der Waals surface area contributed by atoms with Crippen LogP contribution in [0.25, 0.3) is 0 Å². The van der Waals surface area contributed by atoms with Crippen LogP contribution in [0.15, 0.2) is 24.3 Å². The van der Waals surface area contributed by atoms with Crippen LogP contribution in [0.2, 0.25) is 0 Å². The molecule has 4 nitrogen and oxygen atoms in total. The summed E-state index contributed by atoms with van der Waals surface area (Å²) in [7, 11) is 0. The normalized spacial score (nSPS) is 25.4. The van der Waals surface area contributed by atoms with E-state index in [4.69, 9.17) is 0 Å². The number of amides is 1. The summed E-state index contributed by atoms with van der Waals surface area (Å²) in [5.74, 6) is 0.831. The molecule has 1 aliphatic carbocycles. The maximum absolute atomic E-state index is 12.2. The summed E-state index contributed by atoms with van der Waals surface area (Å²) >= 11 is 0. The van der Waals surface area contributed by atoms with Crippen molar-refractivity contribution in [2.45, 2.75) is 38.4 Å². The third-order valence-corrected chi connectivity index (χ3v) is 5.24. The Morgan fingerprint density at radius 1 is 1.14 bits per heavy atom. The summed E-state index contributed by atoms with van der Waals surface area (Å²) in [6.07, 6.45) is 4.01. The van der Waals surface area contributed by atoms with E-state index in [1.54, 1.807) is 0 Å². The third kappa shape index (κ3) is 3.18. The highest BCUT2D eigenvalue weighted by molar-refractivity contribution is 5.78. The highest BCUT2D eigenvalue weighted by Gasteiger charge is 2.34. The lowest BCUT2D eigenvalue weighted by Gasteiger charge is -2.17. The van der Waals surface area contributed by atoms with Crippen molar-refractivity contribution < 1.29 is 4.79 Å². The van der Waals surface area contributed by atoms with E-state index in [-0.39, 0.29) is 5.91 Å². The van der Waals surface area contributed by atoms with E-state index in [2.05, 4.69) is 39.4 Å². The molecule has 2 fully saturated rings. The molecule has 0 aromatic heterocycles. The van der Waals surface area contributed by atoms with E-state index >= 15 is 0 Å². The summed E-state index contributed by atoms with van der Waals surface area (Å²) < 4.78 is 0. The summed E-state index contributed by atoms with van der Waals surface area (Å²) in [5, 5.41) is 3.15. The molecule has 22 heavy (non-hydrogen) atoms. The van der Waals surface area contributed by atoms with Gasteiger partial charge in [0.1, 0.15) is 0 Å². The van der Waals surface area contributed by atoms with Crippen LogP contribution in [0.1, 0.15) is 30.4 Å². The first-order chi connectivity index (χ1) is 10.8. The molecule has 0 unspecified atom stereocenters. The number of hydrogen-bond acceptors (Lipinski definition) is 3. The van der Waals surface area contributed by atoms with E-state index in [9.17, 15) is 4.79 Å². The molecule has 2 heterocycles. The molecule has 1 aromatic carbocycles. The zero-order chi connectivity index (χ0) is 14.9. The standard InChI is InChI=1S/C18H25N3O/c22-18(13-20-11-15-3-1-2-4-16(15)12-20)19-9-14-7-8-21(10-14)17-5-6-17/h1-4,14,17H,5-13H2,(H,19,22)/t14-/m1/s1. The summed E-state index contributed by atoms with van der Waals surface area (Å²) in [6, 6.07) is 9.35. The summed E-state index contributed by atoms with van der Waals surface area (Å²) in [4.78, 5) is 17.0. The zero-order valence-corrected chi connectivity index (χ0v) is 13.1. The monoisotopic (exact) mass is 299 g/mol. The van der Waals surface area contributed by atoms with Crippen LogP contribution >= 0.6 is 0 Å². The van der Waals surface area contributed by atoms with E-state index in [0.717, 1.165) is 25.7 Å². The maximum atomic E-state index is 12.2. The Morgan fingerprint density at radius 2 is 1.86 bits per heavy atom. The van der Waals surface area contributed by atoms with Gasteiger partial charge in [-0.25, -0.2) is 0 Å². The van der Waals surface area contributed by atoms with E-state index < -0.39 is 0 Å². The van der Waals surface area contributed by atoms with Gasteiger partial charge < -0.3 is 10.2 Å². The van der Waals surface area contributed by atoms with Crippen LogP contribution in [0.4, 0.5) is 0 Å². The minimum Gasteiger partial charge on any atom is -0.355 e. The first-order valence-electron chi connectivity index (χ1n) is 8.58. The van der Waals surface area contributed by atoms with Gasteiger partial charge in [-0.05, 0) is 42.9 Å². The van der Waals surface area contributed by atoms with Crippen LogP contribution in [-0.4, -0.2) is 47.9 Å². The van der Waals surface area contributed by atoms with E-state index in [0.29, 0.717) is 12.5 Å². The Labute approximate surface area is 132 Å². The van der Waals surface area contributed by atoms with E-state index in [1.807, 2.05) is 0 Å². The van der Waals surface area contributed by atoms with Gasteiger partial charge in [0.25, 0.3) is 0 Å². The predicted molar refractivity (Wildman–Crippen MR) is 86.3 cm³/mol. The number of likely N-dealkylation sites (tertiary alicyclic amines) is 1. The number of hydrogen-bond donors (Lipinski definition) is 1. The molecule has 4 heteroatoms. The van der Waals surface area contributed by atoms with Crippen LogP contribution in [0.5, 0.6) is 0 Å². The highest BCUT2D eigenvalue weighted by atomic mass is 16.2. The van der Waals surface area contributed by atoms with Gasteiger partial charge >= 0.3 is 0 Å². The van der Waals surface area contributed by atoms with Gasteiger partial charge in [-0.2, -0.15) is 0 Å². The minimum atomic E-state index is 0.178. The molecule has 4 rings (SSSR count). The van der Waals surface area contributed by atoms with Gasteiger partial charge in [-0.15, -0.1) is 0 Å². The molecular formula is C18H25N3O. The molecule has 1 amide bonds. The molecule has 0 radical (unpaired) electrons. The number of carbonyl (C=O) groups is 1. The molecule has 118 valence electrons. The average molecular weight is 299 g/mol. The second-order valence-electron chi connectivity index (χ2n) is 7.10. The van der Waals surface area contributed by atoms with Gasteiger partial charge in [-0.3, -0.25) is 9.69 Å². The van der Waals surface area contributed by atoms with Crippen molar-refractivity contribution >= 4 is 5.91 Å². The van der Waals surface area contributed by atoms with Crippen molar-refractivity contribution in [2.75, 3.05) is 26.2 Å². The van der Waals surface area contributed by atoms with Crippen molar-refractivity contribution in [1.82, 2.24) is 15.1 Å². The predicted octanol–water partition coefficient (Wildman–Crippen LogP) is 1.60. The first kappa shape index (κ1) is 14.2. The van der Waals surface area contributed by atoms with Crippen molar-refractivity contribution in [3.8, 4) is 0 Å². The number of nitrogens with zero attached hydrogens (tertiary/aromatic N) is 2. The Bertz CT molecular complexity index is 530. The van der Waals surface area contributed by atoms with Crippen molar-refractivity contribution in [2.24, 2.45) is 5.92 Å². The van der Waals surface area contributed by atoms with Crippen LogP contribution in [-0.2, 0) is 17.9 Å². The molecule has 1 saturated carbocycles. The first-order valence-corrected chi connectivity index (χ1v) is 8.58. The quantitative estimate of drug-likeness (QED) is 0.897. The molecular weight excluding hydrogens is 274 g/mol. The van der Waals surface area contributed by atoms with Crippen LogP contribution in [0, 0.1) is 5.92 Å². The molecule has 1 N–H and O–H groups in total. The molecule has 1 atom stereocenters. The Balaban J connectivity index is 1.19. The lowest BCUT2D eigenvalue weighted by atomic mass is 10.1. The van der Waals surface area contributed by atoms with Gasteiger partial charge in [0, 0.05) is 32.2 Å². The Kier molecular flexibility index (Phi) is 3.89. The molecule has 1 aromatic rings. The largest absolute Gasteiger partial charge is 0.355 e. The zero-order valence-electron chi connectivity index (χ0n) is 13.1. The van der Waals surface area contributed by atoms with Crippen LogP contribution in [0.3, 0.4) is 0 Å². The SMILES string of the molecule is O=C(CN1Cc2ccccc2C1)NC[C@H]1CCN(C2CC2)C1.